The fourth-order valence-electron chi connectivity index (χ4n) is 2.39. The fourth-order valence-corrected chi connectivity index (χ4v) is 3.82. The Bertz CT molecular complexity index is 610. The number of carbonyl (C=O) groups is 1. The van der Waals surface area contributed by atoms with Gasteiger partial charge in [0.25, 0.3) is 0 Å². The van der Waals surface area contributed by atoms with Gasteiger partial charge in [-0.15, -0.1) is 0 Å². The Kier molecular flexibility index (Phi) is 4.11. The third-order valence-electron chi connectivity index (χ3n) is 3.41. The molecule has 112 valence electrons. The summed E-state index contributed by atoms with van der Waals surface area (Å²) in [5.74, 6) is -1.12. The second-order valence-electron chi connectivity index (χ2n) is 5.10. The van der Waals surface area contributed by atoms with Crippen molar-refractivity contribution in [2.45, 2.75) is 18.2 Å². The number of rotatable bonds is 5. The molecule has 2 heterocycles. The topological polar surface area (TPSA) is 115 Å². The van der Waals surface area contributed by atoms with Crippen molar-refractivity contribution in [1.29, 1.82) is 0 Å². The predicted octanol–water partition coefficient (Wildman–Crippen LogP) is -0.354. The number of aromatic nitrogens is 2. The van der Waals surface area contributed by atoms with Gasteiger partial charge in [0, 0.05) is 13.1 Å². The van der Waals surface area contributed by atoms with Crippen molar-refractivity contribution in [1.82, 2.24) is 19.8 Å². The van der Waals surface area contributed by atoms with Crippen LogP contribution in [0.2, 0.25) is 0 Å². The van der Waals surface area contributed by atoms with Crippen LogP contribution in [0.15, 0.2) is 4.90 Å². The summed E-state index contributed by atoms with van der Waals surface area (Å²) in [5.41, 5.74) is -0.253. The molecule has 1 aromatic heterocycles. The van der Waals surface area contributed by atoms with Crippen molar-refractivity contribution < 1.29 is 18.3 Å². The van der Waals surface area contributed by atoms with Gasteiger partial charge in [0.1, 0.15) is 4.90 Å². The molecular weight excluding hydrogens is 284 g/mol. The molecule has 8 nitrogen and oxygen atoms in total. The summed E-state index contributed by atoms with van der Waals surface area (Å²) in [5, 5.41) is 14.9. The van der Waals surface area contributed by atoms with Crippen LogP contribution in [0.5, 0.6) is 0 Å². The molecule has 1 fully saturated rings. The number of sulfonamides is 1. The van der Waals surface area contributed by atoms with E-state index in [1.54, 1.807) is 0 Å². The van der Waals surface area contributed by atoms with Gasteiger partial charge in [0.2, 0.25) is 10.0 Å². The Morgan fingerprint density at radius 1 is 1.60 bits per heavy atom. The molecule has 0 spiro atoms. The van der Waals surface area contributed by atoms with Crippen LogP contribution in [0.3, 0.4) is 0 Å². The summed E-state index contributed by atoms with van der Waals surface area (Å²) in [4.78, 5) is 12.9. The zero-order valence-electron chi connectivity index (χ0n) is 11.4. The molecule has 0 saturated carbocycles. The normalized spacial score (nSPS) is 20.4. The van der Waals surface area contributed by atoms with Gasteiger partial charge < -0.3 is 10.0 Å². The van der Waals surface area contributed by atoms with E-state index in [0.29, 0.717) is 6.54 Å². The van der Waals surface area contributed by atoms with Crippen LogP contribution in [0.25, 0.3) is 0 Å². The molecule has 0 radical (unpaired) electrons. The molecule has 9 heteroatoms. The monoisotopic (exact) mass is 302 g/mol. The molecule has 1 unspecified atom stereocenters. The second-order valence-corrected chi connectivity index (χ2v) is 6.80. The Balaban J connectivity index is 2.14. The number of nitrogens with one attached hydrogen (secondary N) is 2. The molecule has 1 aliphatic heterocycles. The van der Waals surface area contributed by atoms with Gasteiger partial charge in [-0.05, 0) is 32.9 Å². The van der Waals surface area contributed by atoms with E-state index in [0.717, 1.165) is 19.5 Å². The molecule has 0 aliphatic carbocycles. The summed E-state index contributed by atoms with van der Waals surface area (Å²) < 4.78 is 26.9. The average Bonchev–Trinajstić information content (AvgIpc) is 2.93. The van der Waals surface area contributed by atoms with Gasteiger partial charge in [-0.1, -0.05) is 0 Å². The predicted molar refractivity (Wildman–Crippen MR) is 71.1 cm³/mol. The number of hydrogen-bond acceptors (Lipinski definition) is 5. The number of carboxylic acids is 1. The van der Waals surface area contributed by atoms with Crippen LogP contribution in [0.4, 0.5) is 0 Å². The first-order valence-corrected chi connectivity index (χ1v) is 7.76. The number of H-pyrrole nitrogens is 1. The maximum Gasteiger partial charge on any atom is 0.357 e. The van der Waals surface area contributed by atoms with E-state index in [9.17, 15) is 13.2 Å². The highest BCUT2D eigenvalue weighted by molar-refractivity contribution is 7.89. The lowest BCUT2D eigenvalue weighted by Crippen LogP contribution is -2.31. The summed E-state index contributed by atoms with van der Waals surface area (Å²) >= 11 is 0. The van der Waals surface area contributed by atoms with E-state index in [1.807, 2.05) is 7.05 Å². The number of carboxylic acid groups (broad SMARTS) is 1. The molecule has 1 aromatic rings. The third kappa shape index (κ3) is 3.00. The first kappa shape index (κ1) is 14.9. The minimum Gasteiger partial charge on any atom is -0.476 e. The Labute approximate surface area is 117 Å². The molecule has 1 saturated heterocycles. The van der Waals surface area contributed by atoms with E-state index < -0.39 is 21.7 Å². The maximum absolute atomic E-state index is 12.2. The second kappa shape index (κ2) is 5.51. The number of aryl methyl sites for hydroxylation is 1. The van der Waals surface area contributed by atoms with Crippen LogP contribution in [0, 0.1) is 12.8 Å². The molecule has 2 rings (SSSR count). The fraction of sp³-hybridized carbons (Fsp3) is 0.636. The maximum atomic E-state index is 12.2. The van der Waals surface area contributed by atoms with Crippen LogP contribution >= 0.6 is 0 Å². The quantitative estimate of drug-likeness (QED) is 0.684. The van der Waals surface area contributed by atoms with Gasteiger partial charge in [-0.3, -0.25) is 5.10 Å². The van der Waals surface area contributed by atoms with E-state index in [-0.39, 0.29) is 16.5 Å². The van der Waals surface area contributed by atoms with Gasteiger partial charge >= 0.3 is 5.97 Å². The third-order valence-corrected chi connectivity index (χ3v) is 5.00. The van der Waals surface area contributed by atoms with Crippen LogP contribution < -0.4 is 4.72 Å². The summed E-state index contributed by atoms with van der Waals surface area (Å²) in [6.07, 6.45) is 0.926. The van der Waals surface area contributed by atoms with E-state index in [1.165, 1.54) is 6.92 Å². The van der Waals surface area contributed by atoms with E-state index in [4.69, 9.17) is 5.11 Å². The molecule has 1 aliphatic rings. The van der Waals surface area contributed by atoms with Crippen molar-refractivity contribution in [3.05, 3.63) is 11.4 Å². The minimum absolute atomic E-state index is 0.221. The SMILES string of the molecule is Cc1[nH]nc(C(=O)O)c1S(=O)(=O)NCC1CCN(C)C1. The molecular formula is C11H18N4O4S. The number of aromatic carboxylic acids is 1. The van der Waals surface area contributed by atoms with Gasteiger partial charge in [0.05, 0.1) is 5.69 Å². The van der Waals surface area contributed by atoms with Crippen LogP contribution in [0.1, 0.15) is 22.6 Å². The first-order valence-electron chi connectivity index (χ1n) is 6.27. The van der Waals surface area contributed by atoms with Crippen molar-refractivity contribution in [3.8, 4) is 0 Å². The summed E-state index contributed by atoms with van der Waals surface area (Å²) in [6.45, 7) is 3.56. The smallest absolute Gasteiger partial charge is 0.357 e. The standard InChI is InChI=1S/C11H18N4O4S/c1-7-10(9(11(16)17)14-13-7)20(18,19)12-5-8-3-4-15(2)6-8/h8,12H,3-6H2,1-2H3,(H,13,14)(H,16,17). The van der Waals surface area contributed by atoms with Crippen molar-refractivity contribution in [2.75, 3.05) is 26.7 Å². The molecule has 0 aromatic carbocycles. The highest BCUT2D eigenvalue weighted by atomic mass is 32.2. The molecule has 0 amide bonds. The molecule has 20 heavy (non-hydrogen) atoms. The van der Waals surface area contributed by atoms with E-state index >= 15 is 0 Å². The lowest BCUT2D eigenvalue weighted by atomic mass is 10.1. The zero-order valence-corrected chi connectivity index (χ0v) is 12.2. The van der Waals surface area contributed by atoms with Crippen molar-refractivity contribution in [2.24, 2.45) is 5.92 Å². The minimum atomic E-state index is -3.87. The molecule has 0 bridgehead atoms. The van der Waals surface area contributed by atoms with Crippen LogP contribution in [-0.4, -0.2) is 61.3 Å². The average molecular weight is 302 g/mol. The van der Waals surface area contributed by atoms with Gasteiger partial charge in [0.15, 0.2) is 5.69 Å². The number of aromatic amines is 1. The van der Waals surface area contributed by atoms with Crippen LogP contribution in [-0.2, 0) is 10.0 Å². The number of likely N-dealkylation sites (tertiary alicyclic amines) is 1. The number of hydrogen-bond donors (Lipinski definition) is 3. The zero-order chi connectivity index (χ0) is 14.9. The van der Waals surface area contributed by atoms with Gasteiger partial charge in [-0.25, -0.2) is 17.9 Å². The number of nitrogens with zero attached hydrogens (tertiary/aromatic N) is 2. The van der Waals surface area contributed by atoms with Crippen molar-refractivity contribution in [3.63, 3.8) is 0 Å². The highest BCUT2D eigenvalue weighted by Gasteiger charge is 2.29. The largest absolute Gasteiger partial charge is 0.476 e. The van der Waals surface area contributed by atoms with E-state index in [2.05, 4.69) is 19.8 Å². The van der Waals surface area contributed by atoms with Crippen molar-refractivity contribution >= 4 is 16.0 Å². The summed E-state index contributed by atoms with van der Waals surface area (Å²) in [7, 11) is -1.89. The van der Waals surface area contributed by atoms with Gasteiger partial charge in [-0.2, -0.15) is 5.10 Å². The highest BCUT2D eigenvalue weighted by Crippen LogP contribution is 2.19. The molecule has 1 atom stereocenters. The Morgan fingerprint density at radius 2 is 2.30 bits per heavy atom. The lowest BCUT2D eigenvalue weighted by molar-refractivity contribution is 0.0686. The summed E-state index contributed by atoms with van der Waals surface area (Å²) in [6, 6.07) is 0. The lowest BCUT2D eigenvalue weighted by Gasteiger charge is -2.12. The first-order chi connectivity index (χ1) is 9.31. The molecule has 3 N–H and O–H groups in total. The Hall–Kier alpha value is -1.45. The Morgan fingerprint density at radius 3 is 2.85 bits per heavy atom.